The number of aliphatic hydroxyl groups excluding tert-OH is 1. The van der Waals surface area contributed by atoms with Crippen LogP contribution in [0.4, 0.5) is 0 Å². The van der Waals surface area contributed by atoms with E-state index in [2.05, 4.69) is 6.58 Å². The molecule has 18 heavy (non-hydrogen) atoms. The van der Waals surface area contributed by atoms with Gasteiger partial charge in [0.25, 0.3) is 0 Å². The molecule has 0 radical (unpaired) electrons. The third-order valence-electron chi connectivity index (χ3n) is 3.18. The summed E-state index contributed by atoms with van der Waals surface area (Å²) in [4.78, 5) is 0.626. The number of allylic oxidation sites excluding steroid dienone is 1. The molecule has 1 aromatic heterocycles. The highest BCUT2D eigenvalue weighted by Crippen LogP contribution is 2.28. The number of nitrogens with zero attached hydrogens (tertiary/aromatic N) is 1. The van der Waals surface area contributed by atoms with Crippen molar-refractivity contribution in [3.8, 4) is 0 Å². The van der Waals surface area contributed by atoms with Crippen molar-refractivity contribution in [2.75, 3.05) is 0 Å². The standard InChI is InChI=1S/C14H17NO2S/c1-9(2)18(17)15-11(4)10(3)13-7-12(8-16)5-6-14(13)15/h5-7,16H,1,8H2,2-4H3. The van der Waals surface area contributed by atoms with Crippen LogP contribution in [0.5, 0.6) is 0 Å². The summed E-state index contributed by atoms with van der Waals surface area (Å²) in [7, 11) is -1.25. The lowest BCUT2D eigenvalue weighted by Gasteiger charge is -2.07. The molecule has 2 rings (SSSR count). The Morgan fingerprint density at radius 1 is 1.44 bits per heavy atom. The van der Waals surface area contributed by atoms with Crippen molar-refractivity contribution >= 4 is 21.9 Å². The summed E-state index contributed by atoms with van der Waals surface area (Å²) in [6.07, 6.45) is 0. The van der Waals surface area contributed by atoms with E-state index >= 15 is 0 Å². The lowest BCUT2D eigenvalue weighted by Crippen LogP contribution is -2.06. The number of hydrogen-bond acceptors (Lipinski definition) is 2. The van der Waals surface area contributed by atoms with E-state index in [0.717, 1.165) is 27.7 Å². The molecule has 4 heteroatoms. The van der Waals surface area contributed by atoms with Gasteiger partial charge in [0.2, 0.25) is 0 Å². The number of aliphatic hydroxyl groups is 1. The maximum atomic E-state index is 12.3. The zero-order chi connectivity index (χ0) is 13.4. The van der Waals surface area contributed by atoms with Gasteiger partial charge in [-0.05, 0) is 44.0 Å². The number of aromatic nitrogens is 1. The zero-order valence-corrected chi connectivity index (χ0v) is 11.7. The van der Waals surface area contributed by atoms with Gasteiger partial charge in [0, 0.05) is 16.0 Å². The van der Waals surface area contributed by atoms with Gasteiger partial charge in [-0.1, -0.05) is 12.6 Å². The SMILES string of the molecule is C=C(C)S(=O)n1c(C)c(C)c2cc(CO)ccc21. The molecule has 0 fully saturated rings. The number of aryl methyl sites for hydroxylation is 1. The molecular formula is C14H17NO2S. The Kier molecular flexibility index (Phi) is 3.41. The van der Waals surface area contributed by atoms with Crippen LogP contribution in [0.3, 0.4) is 0 Å². The number of hydrogen-bond donors (Lipinski definition) is 1. The van der Waals surface area contributed by atoms with Gasteiger partial charge in [-0.2, -0.15) is 0 Å². The molecule has 0 saturated heterocycles. The van der Waals surface area contributed by atoms with Crippen LogP contribution in [0, 0.1) is 13.8 Å². The van der Waals surface area contributed by atoms with Crippen molar-refractivity contribution in [1.82, 2.24) is 3.97 Å². The summed E-state index contributed by atoms with van der Waals surface area (Å²) < 4.78 is 14.1. The van der Waals surface area contributed by atoms with Crippen LogP contribution in [0.25, 0.3) is 10.9 Å². The van der Waals surface area contributed by atoms with Crippen LogP contribution in [-0.2, 0) is 17.6 Å². The minimum absolute atomic E-state index is 0.0170. The minimum Gasteiger partial charge on any atom is -0.392 e. The number of rotatable bonds is 3. The fraction of sp³-hybridized carbons (Fsp3) is 0.286. The van der Waals surface area contributed by atoms with E-state index in [0.29, 0.717) is 4.91 Å². The Balaban J connectivity index is 2.79. The second-order valence-corrected chi connectivity index (χ2v) is 6.03. The van der Waals surface area contributed by atoms with Gasteiger partial charge < -0.3 is 5.11 Å². The van der Waals surface area contributed by atoms with Crippen molar-refractivity contribution in [2.45, 2.75) is 27.4 Å². The van der Waals surface area contributed by atoms with Gasteiger partial charge >= 0.3 is 0 Å². The van der Waals surface area contributed by atoms with E-state index in [4.69, 9.17) is 0 Å². The molecule has 2 aromatic rings. The summed E-state index contributed by atoms with van der Waals surface area (Å²) in [5, 5.41) is 10.2. The zero-order valence-electron chi connectivity index (χ0n) is 10.9. The van der Waals surface area contributed by atoms with Gasteiger partial charge in [0.05, 0.1) is 12.1 Å². The van der Waals surface area contributed by atoms with Crippen LogP contribution < -0.4 is 0 Å². The average Bonchev–Trinajstić information content (AvgIpc) is 2.61. The summed E-state index contributed by atoms with van der Waals surface area (Å²) in [6.45, 7) is 9.50. The van der Waals surface area contributed by atoms with Crippen LogP contribution in [0.15, 0.2) is 29.7 Å². The molecule has 1 heterocycles. The first-order valence-electron chi connectivity index (χ1n) is 5.76. The second-order valence-electron chi connectivity index (χ2n) is 4.47. The first-order chi connectivity index (χ1) is 8.47. The smallest absolute Gasteiger partial charge is 0.152 e. The summed E-state index contributed by atoms with van der Waals surface area (Å²) in [6, 6.07) is 5.71. The molecule has 0 spiro atoms. The van der Waals surface area contributed by atoms with Gasteiger partial charge in [-0.15, -0.1) is 0 Å². The lowest BCUT2D eigenvalue weighted by molar-refractivity contribution is 0.282. The Hall–Kier alpha value is -1.39. The Morgan fingerprint density at radius 3 is 2.67 bits per heavy atom. The average molecular weight is 263 g/mol. The van der Waals surface area contributed by atoms with E-state index in [9.17, 15) is 9.32 Å². The third kappa shape index (κ3) is 1.91. The second kappa shape index (κ2) is 4.71. The predicted molar refractivity (Wildman–Crippen MR) is 75.7 cm³/mol. The Bertz CT molecular complexity index is 655. The molecule has 1 N–H and O–H groups in total. The Morgan fingerprint density at radius 2 is 2.11 bits per heavy atom. The molecular weight excluding hydrogens is 246 g/mol. The topological polar surface area (TPSA) is 42.2 Å². The van der Waals surface area contributed by atoms with E-state index in [1.54, 1.807) is 10.9 Å². The Labute approximate surface area is 109 Å². The number of fused-ring (bicyclic) bond motifs is 1. The molecule has 96 valence electrons. The van der Waals surface area contributed by atoms with E-state index in [1.165, 1.54) is 0 Å². The van der Waals surface area contributed by atoms with Crippen molar-refractivity contribution in [3.05, 3.63) is 46.5 Å². The molecule has 0 amide bonds. The molecule has 1 unspecified atom stereocenters. The van der Waals surface area contributed by atoms with Crippen molar-refractivity contribution < 1.29 is 9.32 Å². The van der Waals surface area contributed by atoms with E-state index in [1.807, 2.05) is 32.0 Å². The van der Waals surface area contributed by atoms with E-state index in [-0.39, 0.29) is 6.61 Å². The molecule has 0 aliphatic carbocycles. The molecule has 0 bridgehead atoms. The van der Waals surface area contributed by atoms with Crippen LogP contribution in [0.1, 0.15) is 23.7 Å². The van der Waals surface area contributed by atoms with Crippen molar-refractivity contribution in [3.63, 3.8) is 0 Å². The molecule has 1 atom stereocenters. The molecule has 0 aliphatic heterocycles. The first-order valence-corrected chi connectivity index (χ1v) is 6.87. The maximum Gasteiger partial charge on any atom is 0.152 e. The fourth-order valence-electron chi connectivity index (χ4n) is 2.06. The number of benzene rings is 1. The highest BCUT2D eigenvalue weighted by molar-refractivity contribution is 7.87. The summed E-state index contributed by atoms with van der Waals surface area (Å²) >= 11 is 0. The first kappa shape index (κ1) is 13.1. The van der Waals surface area contributed by atoms with Crippen LogP contribution in [0.2, 0.25) is 0 Å². The van der Waals surface area contributed by atoms with Gasteiger partial charge in [0.1, 0.15) is 0 Å². The maximum absolute atomic E-state index is 12.3. The highest BCUT2D eigenvalue weighted by atomic mass is 32.2. The normalized spacial score (nSPS) is 12.9. The molecule has 3 nitrogen and oxygen atoms in total. The minimum atomic E-state index is -1.25. The van der Waals surface area contributed by atoms with Gasteiger partial charge in [0.15, 0.2) is 11.0 Å². The summed E-state index contributed by atoms with van der Waals surface area (Å²) in [5.41, 5.74) is 3.85. The molecule has 0 aliphatic rings. The quantitative estimate of drug-likeness (QED) is 0.925. The lowest BCUT2D eigenvalue weighted by atomic mass is 10.1. The van der Waals surface area contributed by atoms with Gasteiger partial charge in [-0.3, -0.25) is 3.97 Å². The fourth-order valence-corrected chi connectivity index (χ4v) is 3.09. The monoisotopic (exact) mass is 263 g/mol. The van der Waals surface area contributed by atoms with Gasteiger partial charge in [-0.25, -0.2) is 4.21 Å². The van der Waals surface area contributed by atoms with E-state index < -0.39 is 11.0 Å². The van der Waals surface area contributed by atoms with Crippen LogP contribution in [-0.4, -0.2) is 13.3 Å². The highest BCUT2D eigenvalue weighted by Gasteiger charge is 2.15. The third-order valence-corrected chi connectivity index (χ3v) is 4.58. The largest absolute Gasteiger partial charge is 0.392 e. The molecule has 0 saturated carbocycles. The summed E-state index contributed by atoms with van der Waals surface area (Å²) in [5.74, 6) is 0. The van der Waals surface area contributed by atoms with Crippen LogP contribution >= 0.6 is 0 Å². The molecule has 1 aromatic carbocycles. The predicted octanol–water partition coefficient (Wildman–Crippen LogP) is 2.80. The van der Waals surface area contributed by atoms with Crippen molar-refractivity contribution in [1.29, 1.82) is 0 Å². The van der Waals surface area contributed by atoms with Crippen molar-refractivity contribution in [2.24, 2.45) is 0 Å².